The monoisotopic (exact) mass is 464 g/mol. The molecule has 1 aromatic heterocycles. The summed E-state index contributed by atoms with van der Waals surface area (Å²) < 4.78 is 0. The summed E-state index contributed by atoms with van der Waals surface area (Å²) in [6, 6.07) is 4.15. The van der Waals surface area contributed by atoms with Crippen LogP contribution in [-0.4, -0.2) is 69.1 Å². The van der Waals surface area contributed by atoms with E-state index in [1.807, 2.05) is 30.5 Å². The van der Waals surface area contributed by atoms with Crippen LogP contribution in [0.2, 0.25) is 0 Å². The Morgan fingerprint density at radius 3 is 2.41 bits per heavy atom. The highest BCUT2D eigenvalue weighted by Crippen LogP contribution is 2.19. The summed E-state index contributed by atoms with van der Waals surface area (Å²) in [4.78, 5) is 50.9. The number of aliphatic carboxylic acids is 2. The first-order chi connectivity index (χ1) is 15.2. The predicted octanol–water partition coefficient (Wildman–Crippen LogP) is 0.710. The summed E-state index contributed by atoms with van der Waals surface area (Å²) in [5, 5.41) is 24.0. The second-order valence-corrected chi connectivity index (χ2v) is 8.33. The quantitative estimate of drug-likeness (QED) is 0.251. The summed E-state index contributed by atoms with van der Waals surface area (Å²) in [5.74, 6) is -3.10. The van der Waals surface area contributed by atoms with Crippen molar-refractivity contribution in [3.8, 4) is 0 Å². The van der Waals surface area contributed by atoms with Gasteiger partial charge in [0.1, 0.15) is 12.1 Å². The molecular formula is C21H28N4O6S. The molecule has 32 heavy (non-hydrogen) atoms. The lowest BCUT2D eigenvalue weighted by Crippen LogP contribution is -2.55. The highest BCUT2D eigenvalue weighted by atomic mass is 32.2. The summed E-state index contributed by atoms with van der Waals surface area (Å²) in [6.07, 6.45) is 3.44. The molecular weight excluding hydrogens is 436 g/mol. The van der Waals surface area contributed by atoms with Gasteiger partial charge in [-0.15, -0.1) is 0 Å². The highest BCUT2D eigenvalue weighted by Gasteiger charge is 2.29. The van der Waals surface area contributed by atoms with Gasteiger partial charge in [-0.25, -0.2) is 4.79 Å². The summed E-state index contributed by atoms with van der Waals surface area (Å²) in [6.45, 7) is 0. The first kappa shape index (κ1) is 25.2. The van der Waals surface area contributed by atoms with E-state index < -0.39 is 48.3 Å². The van der Waals surface area contributed by atoms with E-state index >= 15 is 0 Å². The van der Waals surface area contributed by atoms with Gasteiger partial charge in [0.2, 0.25) is 11.8 Å². The highest BCUT2D eigenvalue weighted by molar-refractivity contribution is 7.98. The summed E-state index contributed by atoms with van der Waals surface area (Å²) in [5.41, 5.74) is 7.54. The molecule has 10 nitrogen and oxygen atoms in total. The Morgan fingerprint density at radius 2 is 1.75 bits per heavy atom. The van der Waals surface area contributed by atoms with Crippen LogP contribution in [0.4, 0.5) is 0 Å². The van der Waals surface area contributed by atoms with Gasteiger partial charge in [0.15, 0.2) is 0 Å². The Bertz CT molecular complexity index is 963. The van der Waals surface area contributed by atoms with Crippen molar-refractivity contribution in [2.45, 2.75) is 43.8 Å². The lowest BCUT2D eigenvalue weighted by Gasteiger charge is -2.22. The topological polar surface area (TPSA) is 175 Å². The number of thioether (sulfide) groups is 1. The van der Waals surface area contributed by atoms with Crippen LogP contribution in [0.5, 0.6) is 0 Å². The minimum absolute atomic E-state index is 0.0993. The number of benzene rings is 1. The Morgan fingerprint density at radius 1 is 1.06 bits per heavy atom. The van der Waals surface area contributed by atoms with Gasteiger partial charge in [0.05, 0.1) is 6.04 Å². The lowest BCUT2D eigenvalue weighted by molar-refractivity contribution is -0.143. The number of hydrogen-bond acceptors (Lipinski definition) is 6. The summed E-state index contributed by atoms with van der Waals surface area (Å²) in [7, 11) is 0. The van der Waals surface area contributed by atoms with E-state index in [4.69, 9.17) is 10.8 Å². The number of aromatic amines is 1. The second kappa shape index (κ2) is 12.1. The molecule has 11 heteroatoms. The number of hydrogen-bond donors (Lipinski definition) is 6. The number of H-pyrrole nitrogens is 1. The van der Waals surface area contributed by atoms with Gasteiger partial charge in [-0.2, -0.15) is 11.8 Å². The van der Waals surface area contributed by atoms with Crippen molar-refractivity contribution in [3.05, 3.63) is 36.0 Å². The number of carbonyl (C=O) groups is 4. The maximum absolute atomic E-state index is 12.9. The molecule has 0 fully saturated rings. The van der Waals surface area contributed by atoms with E-state index in [2.05, 4.69) is 15.6 Å². The van der Waals surface area contributed by atoms with Gasteiger partial charge < -0.3 is 31.6 Å². The third-order valence-electron chi connectivity index (χ3n) is 4.96. The van der Waals surface area contributed by atoms with Crippen molar-refractivity contribution in [1.82, 2.24) is 15.6 Å². The molecule has 0 bridgehead atoms. The standard InChI is InChI=1S/C21H28N4O6S/c1-32-9-8-14(22)19(28)25-17(10-12-11-23-15-5-3-2-4-13(12)15)20(29)24-16(21(30)31)6-7-18(26)27/h2-5,11,14,16-17,23H,6-10,22H2,1H3,(H,24,29)(H,25,28)(H,26,27)(H,30,31)/t14-,16-,17-/m0/s1. The average molecular weight is 465 g/mol. The van der Waals surface area contributed by atoms with Crippen LogP contribution in [0.15, 0.2) is 30.5 Å². The Kier molecular flexibility index (Phi) is 9.54. The maximum Gasteiger partial charge on any atom is 0.326 e. The Hall–Kier alpha value is -3.05. The number of fused-ring (bicyclic) bond motifs is 1. The number of nitrogens with two attached hydrogens (primary N) is 1. The minimum Gasteiger partial charge on any atom is -0.481 e. The maximum atomic E-state index is 12.9. The number of carboxylic acid groups (broad SMARTS) is 2. The zero-order chi connectivity index (χ0) is 23.7. The molecule has 7 N–H and O–H groups in total. The van der Waals surface area contributed by atoms with E-state index in [1.54, 1.807) is 18.0 Å². The predicted molar refractivity (Wildman–Crippen MR) is 121 cm³/mol. The molecule has 0 saturated carbocycles. The molecule has 2 aromatic rings. The first-order valence-corrected chi connectivity index (χ1v) is 11.5. The molecule has 0 spiro atoms. The van der Waals surface area contributed by atoms with Crippen LogP contribution >= 0.6 is 11.8 Å². The zero-order valence-electron chi connectivity index (χ0n) is 17.7. The lowest BCUT2D eigenvalue weighted by atomic mass is 10.0. The van der Waals surface area contributed by atoms with Gasteiger partial charge in [-0.1, -0.05) is 18.2 Å². The SMILES string of the molecule is CSCC[C@H](N)C(=O)N[C@@H](Cc1c[nH]c2ccccc12)C(=O)N[C@@H](CCC(=O)O)C(=O)O. The fourth-order valence-corrected chi connectivity index (χ4v) is 3.67. The van der Waals surface area contributed by atoms with E-state index in [-0.39, 0.29) is 12.8 Å². The van der Waals surface area contributed by atoms with Crippen molar-refractivity contribution >= 4 is 46.4 Å². The van der Waals surface area contributed by atoms with Crippen molar-refractivity contribution in [2.75, 3.05) is 12.0 Å². The molecule has 0 saturated heterocycles. The zero-order valence-corrected chi connectivity index (χ0v) is 18.5. The molecule has 0 aliphatic carbocycles. The molecule has 2 rings (SSSR count). The minimum atomic E-state index is -1.40. The van der Waals surface area contributed by atoms with E-state index in [0.717, 1.165) is 16.5 Å². The number of nitrogens with one attached hydrogen (secondary N) is 3. The van der Waals surface area contributed by atoms with Gasteiger partial charge >= 0.3 is 11.9 Å². The average Bonchev–Trinajstić information content (AvgIpc) is 3.16. The van der Waals surface area contributed by atoms with E-state index in [9.17, 15) is 24.3 Å². The largest absolute Gasteiger partial charge is 0.481 e. The molecule has 174 valence electrons. The third-order valence-corrected chi connectivity index (χ3v) is 5.61. The Labute approximate surface area is 189 Å². The van der Waals surface area contributed by atoms with Crippen LogP contribution in [-0.2, 0) is 25.6 Å². The van der Waals surface area contributed by atoms with Crippen LogP contribution in [0, 0.1) is 0 Å². The van der Waals surface area contributed by atoms with Gasteiger partial charge in [-0.05, 0) is 36.5 Å². The number of para-hydroxylation sites is 1. The van der Waals surface area contributed by atoms with Crippen molar-refractivity contribution in [3.63, 3.8) is 0 Å². The fourth-order valence-electron chi connectivity index (χ4n) is 3.18. The van der Waals surface area contributed by atoms with Crippen LogP contribution in [0.25, 0.3) is 10.9 Å². The normalized spacial score (nSPS) is 13.8. The van der Waals surface area contributed by atoms with Crippen LogP contribution < -0.4 is 16.4 Å². The van der Waals surface area contributed by atoms with Crippen molar-refractivity contribution in [2.24, 2.45) is 5.73 Å². The number of carbonyl (C=O) groups excluding carboxylic acids is 2. The van der Waals surface area contributed by atoms with Gasteiger partial charge in [0, 0.05) is 29.9 Å². The van der Waals surface area contributed by atoms with E-state index in [1.165, 1.54) is 0 Å². The molecule has 0 unspecified atom stereocenters. The van der Waals surface area contributed by atoms with E-state index in [0.29, 0.717) is 12.2 Å². The molecule has 0 aliphatic rings. The number of amides is 2. The molecule has 2 amide bonds. The molecule has 1 heterocycles. The van der Waals surface area contributed by atoms with Crippen LogP contribution in [0.3, 0.4) is 0 Å². The first-order valence-electron chi connectivity index (χ1n) is 10.1. The van der Waals surface area contributed by atoms with Crippen LogP contribution in [0.1, 0.15) is 24.8 Å². The molecule has 3 atom stereocenters. The molecule has 1 aromatic carbocycles. The van der Waals surface area contributed by atoms with Crippen molar-refractivity contribution < 1.29 is 29.4 Å². The van der Waals surface area contributed by atoms with Gasteiger partial charge in [-0.3, -0.25) is 14.4 Å². The number of carboxylic acids is 2. The fraction of sp³-hybridized carbons (Fsp3) is 0.429. The van der Waals surface area contributed by atoms with Gasteiger partial charge in [0.25, 0.3) is 0 Å². The number of aromatic nitrogens is 1. The molecule has 0 aliphatic heterocycles. The molecule has 0 radical (unpaired) electrons. The smallest absolute Gasteiger partial charge is 0.326 e. The number of rotatable bonds is 13. The third kappa shape index (κ3) is 7.27. The summed E-state index contributed by atoms with van der Waals surface area (Å²) >= 11 is 1.54. The Balaban J connectivity index is 2.21. The second-order valence-electron chi connectivity index (χ2n) is 7.34. The van der Waals surface area contributed by atoms with Crippen molar-refractivity contribution in [1.29, 1.82) is 0 Å².